The number of nitro groups is 1. The lowest BCUT2D eigenvalue weighted by atomic mass is 10.2. The largest absolute Gasteiger partial charge is 0.495 e. The highest BCUT2D eigenvalue weighted by Gasteiger charge is 2.14. The number of hydrogen-bond acceptors (Lipinski definition) is 5. The summed E-state index contributed by atoms with van der Waals surface area (Å²) in [6.07, 6.45) is 0. The molecule has 1 amide bonds. The molecule has 0 atom stereocenters. The molecule has 0 aliphatic rings. The molecule has 7 nitrogen and oxygen atoms in total. The Hall–Kier alpha value is -3.09. The van der Waals surface area contributed by atoms with Gasteiger partial charge in [0.1, 0.15) is 11.5 Å². The van der Waals surface area contributed by atoms with E-state index in [4.69, 9.17) is 9.47 Å². The molecule has 0 aliphatic carbocycles. The summed E-state index contributed by atoms with van der Waals surface area (Å²) in [6, 6.07) is 11.2. The summed E-state index contributed by atoms with van der Waals surface area (Å²) in [5.74, 6) is 0.459. The molecular weight excluding hydrogens is 300 g/mol. The minimum Gasteiger partial charge on any atom is -0.495 e. The minimum absolute atomic E-state index is 0.138. The number of carbonyl (C=O) groups excluding carboxylic acids is 1. The fourth-order valence-electron chi connectivity index (χ4n) is 1.88. The predicted octanol–water partition coefficient (Wildman–Crippen LogP) is 2.93. The lowest BCUT2D eigenvalue weighted by molar-refractivity contribution is -0.384. The first-order valence-electron chi connectivity index (χ1n) is 6.81. The van der Waals surface area contributed by atoms with Crippen LogP contribution in [0.25, 0.3) is 0 Å². The molecule has 1 N–H and O–H groups in total. The maximum atomic E-state index is 11.9. The Kier molecular flexibility index (Phi) is 5.14. The highest BCUT2D eigenvalue weighted by atomic mass is 16.6. The third-order valence-electron chi connectivity index (χ3n) is 3.06. The number of hydrogen-bond donors (Lipinski definition) is 1. The Balaban J connectivity index is 2.02. The van der Waals surface area contributed by atoms with Crippen LogP contribution in [0.3, 0.4) is 0 Å². The Morgan fingerprint density at radius 3 is 2.52 bits per heavy atom. The van der Waals surface area contributed by atoms with Crippen LogP contribution >= 0.6 is 0 Å². The van der Waals surface area contributed by atoms with Gasteiger partial charge in [-0.25, -0.2) is 0 Å². The number of nitro benzene ring substituents is 1. The second kappa shape index (κ2) is 7.26. The van der Waals surface area contributed by atoms with Crippen molar-refractivity contribution in [3.8, 4) is 11.5 Å². The quantitative estimate of drug-likeness (QED) is 0.653. The molecule has 7 heteroatoms. The Labute approximate surface area is 133 Å². The van der Waals surface area contributed by atoms with E-state index in [1.54, 1.807) is 12.1 Å². The number of aryl methyl sites for hydroxylation is 1. The van der Waals surface area contributed by atoms with Crippen molar-refractivity contribution >= 4 is 17.3 Å². The molecule has 2 aromatic rings. The number of anilines is 1. The van der Waals surface area contributed by atoms with Gasteiger partial charge in [0.25, 0.3) is 11.6 Å². The van der Waals surface area contributed by atoms with E-state index in [9.17, 15) is 14.9 Å². The van der Waals surface area contributed by atoms with Crippen LogP contribution in [0, 0.1) is 17.0 Å². The second-order valence-electron chi connectivity index (χ2n) is 4.79. The lowest BCUT2D eigenvalue weighted by Gasteiger charge is -2.11. The monoisotopic (exact) mass is 316 g/mol. The molecule has 0 saturated heterocycles. The second-order valence-corrected chi connectivity index (χ2v) is 4.79. The molecule has 0 radical (unpaired) electrons. The van der Waals surface area contributed by atoms with Crippen molar-refractivity contribution in [1.29, 1.82) is 0 Å². The van der Waals surface area contributed by atoms with Crippen molar-refractivity contribution in [2.75, 3.05) is 19.0 Å². The van der Waals surface area contributed by atoms with Gasteiger partial charge in [-0.05, 0) is 25.1 Å². The van der Waals surface area contributed by atoms with Crippen LogP contribution in [-0.4, -0.2) is 24.5 Å². The van der Waals surface area contributed by atoms with Crippen LogP contribution in [0.2, 0.25) is 0 Å². The average molecular weight is 316 g/mol. The van der Waals surface area contributed by atoms with Crippen molar-refractivity contribution in [3.05, 3.63) is 58.1 Å². The lowest BCUT2D eigenvalue weighted by Crippen LogP contribution is -2.20. The predicted molar refractivity (Wildman–Crippen MR) is 85.0 cm³/mol. The van der Waals surface area contributed by atoms with Crippen LogP contribution in [0.5, 0.6) is 11.5 Å². The van der Waals surface area contributed by atoms with Crippen molar-refractivity contribution in [2.45, 2.75) is 6.92 Å². The molecular formula is C16H16N2O5. The van der Waals surface area contributed by atoms with Gasteiger partial charge in [-0.2, -0.15) is 0 Å². The van der Waals surface area contributed by atoms with Crippen molar-refractivity contribution in [2.24, 2.45) is 0 Å². The van der Waals surface area contributed by atoms with E-state index in [0.29, 0.717) is 11.5 Å². The number of nitrogens with one attached hydrogen (secondary N) is 1. The molecule has 0 heterocycles. The summed E-state index contributed by atoms with van der Waals surface area (Å²) in [4.78, 5) is 22.2. The summed E-state index contributed by atoms with van der Waals surface area (Å²) in [5.41, 5.74) is 1.17. The highest BCUT2D eigenvalue weighted by Crippen LogP contribution is 2.28. The van der Waals surface area contributed by atoms with Gasteiger partial charge in [0.05, 0.1) is 17.7 Å². The number of non-ortho nitro benzene ring substituents is 1. The zero-order valence-electron chi connectivity index (χ0n) is 12.7. The molecule has 0 fully saturated rings. The summed E-state index contributed by atoms with van der Waals surface area (Å²) in [6.45, 7) is 1.74. The third-order valence-corrected chi connectivity index (χ3v) is 3.06. The maximum Gasteiger partial charge on any atom is 0.271 e. The van der Waals surface area contributed by atoms with Gasteiger partial charge in [0, 0.05) is 12.1 Å². The van der Waals surface area contributed by atoms with Gasteiger partial charge >= 0.3 is 0 Å². The van der Waals surface area contributed by atoms with E-state index in [1.807, 2.05) is 19.1 Å². The van der Waals surface area contributed by atoms with E-state index >= 15 is 0 Å². The molecule has 23 heavy (non-hydrogen) atoms. The molecule has 0 aromatic heterocycles. The zero-order chi connectivity index (χ0) is 16.8. The van der Waals surface area contributed by atoms with Crippen LogP contribution in [-0.2, 0) is 4.79 Å². The minimum atomic E-state index is -0.544. The van der Waals surface area contributed by atoms with Crippen LogP contribution in [0.1, 0.15) is 5.56 Å². The van der Waals surface area contributed by atoms with E-state index in [2.05, 4.69) is 5.32 Å². The first kappa shape index (κ1) is 16.3. The van der Waals surface area contributed by atoms with Gasteiger partial charge in [0.2, 0.25) is 0 Å². The molecule has 0 unspecified atom stereocenters. The number of nitrogens with zero attached hydrogens (tertiary/aromatic N) is 1. The Morgan fingerprint density at radius 2 is 1.91 bits per heavy atom. The Bertz CT molecular complexity index is 713. The number of benzene rings is 2. The first-order valence-corrected chi connectivity index (χ1v) is 6.81. The smallest absolute Gasteiger partial charge is 0.271 e. The normalized spacial score (nSPS) is 10.0. The topological polar surface area (TPSA) is 90.7 Å². The fourth-order valence-corrected chi connectivity index (χ4v) is 1.88. The molecule has 0 bridgehead atoms. The van der Waals surface area contributed by atoms with E-state index in [0.717, 1.165) is 5.56 Å². The maximum absolute atomic E-state index is 11.9. The fraction of sp³-hybridized carbons (Fsp3) is 0.188. The van der Waals surface area contributed by atoms with Crippen LogP contribution in [0.15, 0.2) is 42.5 Å². The van der Waals surface area contributed by atoms with Crippen LogP contribution < -0.4 is 14.8 Å². The van der Waals surface area contributed by atoms with Gasteiger partial charge in [0.15, 0.2) is 6.61 Å². The SMILES string of the molecule is COc1ccc([N+](=O)[O-])cc1NC(=O)COc1ccc(C)cc1. The molecule has 2 rings (SSSR count). The highest BCUT2D eigenvalue weighted by molar-refractivity contribution is 5.93. The molecule has 2 aromatic carbocycles. The number of ether oxygens (including phenoxy) is 2. The van der Waals surface area contributed by atoms with E-state index in [1.165, 1.54) is 25.3 Å². The number of methoxy groups -OCH3 is 1. The average Bonchev–Trinajstić information content (AvgIpc) is 2.54. The molecule has 120 valence electrons. The third kappa shape index (κ3) is 4.44. The van der Waals surface area contributed by atoms with E-state index in [-0.39, 0.29) is 18.0 Å². The summed E-state index contributed by atoms with van der Waals surface area (Å²) >= 11 is 0. The van der Waals surface area contributed by atoms with E-state index < -0.39 is 10.8 Å². The number of carbonyl (C=O) groups is 1. The standard InChI is InChI=1S/C16H16N2O5/c1-11-3-6-13(7-4-11)23-10-16(19)17-14-9-12(18(20)21)5-8-15(14)22-2/h3-9H,10H2,1-2H3,(H,17,19). The van der Waals surface area contributed by atoms with Crippen molar-refractivity contribution in [3.63, 3.8) is 0 Å². The molecule has 0 spiro atoms. The Morgan fingerprint density at radius 1 is 1.22 bits per heavy atom. The molecule has 0 saturated carbocycles. The van der Waals surface area contributed by atoms with Crippen LogP contribution in [0.4, 0.5) is 11.4 Å². The summed E-state index contributed by atoms with van der Waals surface area (Å²) in [7, 11) is 1.42. The number of rotatable bonds is 6. The summed E-state index contributed by atoms with van der Waals surface area (Å²) < 4.78 is 10.4. The van der Waals surface area contributed by atoms with Gasteiger partial charge in [-0.1, -0.05) is 17.7 Å². The van der Waals surface area contributed by atoms with Gasteiger partial charge < -0.3 is 14.8 Å². The van der Waals surface area contributed by atoms with Crippen molar-refractivity contribution < 1.29 is 19.2 Å². The van der Waals surface area contributed by atoms with Gasteiger partial charge in [-0.15, -0.1) is 0 Å². The number of amides is 1. The zero-order valence-corrected chi connectivity index (χ0v) is 12.7. The molecule has 0 aliphatic heterocycles. The van der Waals surface area contributed by atoms with Gasteiger partial charge in [-0.3, -0.25) is 14.9 Å². The first-order chi connectivity index (χ1) is 11.0. The summed E-state index contributed by atoms with van der Waals surface area (Å²) in [5, 5.41) is 13.3. The van der Waals surface area contributed by atoms with Crippen molar-refractivity contribution in [1.82, 2.24) is 0 Å².